The minimum Gasteiger partial charge on any atom is -0.462 e. The summed E-state index contributed by atoms with van der Waals surface area (Å²) in [5, 5.41) is 71.9. The van der Waals surface area contributed by atoms with E-state index >= 15 is 0 Å². The molecule has 4 unspecified atom stereocenters. The first-order chi connectivity index (χ1) is 30.0. The second kappa shape index (κ2) is 35.5. The molecule has 7 N–H and O–H groups in total. The van der Waals surface area contributed by atoms with Gasteiger partial charge in [-0.15, -0.1) is 0 Å². The molecule has 0 aromatic carbocycles. The van der Waals surface area contributed by atoms with Crippen molar-refractivity contribution in [1.29, 1.82) is 0 Å². The lowest BCUT2D eigenvalue weighted by molar-refractivity contribution is -0.332. The van der Waals surface area contributed by atoms with E-state index in [1.807, 2.05) is 0 Å². The molecule has 2 rings (SSSR count). The third kappa shape index (κ3) is 24.0. The molecule has 2 aliphatic rings. The lowest BCUT2D eigenvalue weighted by Gasteiger charge is -2.42. The fourth-order valence-corrected chi connectivity index (χ4v) is 7.68. The topological polar surface area (TPSA) is 231 Å². The molecule has 0 spiro atoms. The number of aliphatic hydroxyl groups is 7. The number of carbonyl (C=O) groups is 2. The van der Waals surface area contributed by atoms with E-state index in [4.69, 9.17) is 28.4 Å². The van der Waals surface area contributed by atoms with Crippen LogP contribution < -0.4 is 0 Å². The van der Waals surface area contributed by atoms with Gasteiger partial charge in [-0.25, -0.2) is 0 Å². The van der Waals surface area contributed by atoms with Crippen molar-refractivity contribution in [2.75, 3.05) is 26.4 Å². The molecule has 11 atom stereocenters. The number of aliphatic hydroxyl groups excluding tert-OH is 7. The molecule has 0 aliphatic carbocycles. The highest BCUT2D eigenvalue weighted by Crippen LogP contribution is 2.26. The van der Waals surface area contributed by atoms with E-state index < -0.39 is 92.7 Å². The Bertz CT molecular complexity index is 1140. The number of hydrogen-bond donors (Lipinski definition) is 7. The van der Waals surface area contributed by atoms with E-state index in [2.05, 4.69) is 26.0 Å². The monoisotopic (exact) mass is 891 g/mol. The predicted molar refractivity (Wildman–Crippen MR) is 234 cm³/mol. The number of unbranched alkanes of at least 4 members (excludes halogenated alkanes) is 21. The average Bonchev–Trinajstić information content (AvgIpc) is 3.26. The van der Waals surface area contributed by atoms with Gasteiger partial charge in [-0.05, 0) is 38.5 Å². The molecule has 62 heavy (non-hydrogen) atoms. The van der Waals surface area contributed by atoms with Gasteiger partial charge >= 0.3 is 11.9 Å². The molecule has 364 valence electrons. The number of carbonyl (C=O) groups excluding carboxylic acids is 2. The van der Waals surface area contributed by atoms with Gasteiger partial charge in [0.1, 0.15) is 55.4 Å². The highest BCUT2D eigenvalue weighted by atomic mass is 16.7. The quantitative estimate of drug-likeness (QED) is 0.0221. The molecule has 2 aliphatic heterocycles. The zero-order chi connectivity index (χ0) is 45.4. The highest BCUT2D eigenvalue weighted by molar-refractivity contribution is 5.70. The van der Waals surface area contributed by atoms with Gasteiger partial charge in [0.05, 0.1) is 19.8 Å². The van der Waals surface area contributed by atoms with E-state index in [9.17, 15) is 45.3 Å². The lowest BCUT2D eigenvalue weighted by atomic mass is 9.98. The molecular weight excluding hydrogens is 805 g/mol. The van der Waals surface area contributed by atoms with Crippen LogP contribution in [0.2, 0.25) is 0 Å². The molecule has 15 nitrogen and oxygen atoms in total. The Balaban J connectivity index is 1.84. The summed E-state index contributed by atoms with van der Waals surface area (Å²) in [4.78, 5) is 25.6. The summed E-state index contributed by atoms with van der Waals surface area (Å²) >= 11 is 0. The van der Waals surface area contributed by atoms with Gasteiger partial charge < -0.3 is 64.2 Å². The van der Waals surface area contributed by atoms with Crippen LogP contribution in [0.5, 0.6) is 0 Å². The van der Waals surface area contributed by atoms with Crippen molar-refractivity contribution in [2.24, 2.45) is 0 Å². The van der Waals surface area contributed by atoms with Gasteiger partial charge in [0.2, 0.25) is 0 Å². The van der Waals surface area contributed by atoms with E-state index in [1.165, 1.54) is 103 Å². The Kier molecular flexibility index (Phi) is 32.3. The van der Waals surface area contributed by atoms with E-state index in [-0.39, 0.29) is 26.1 Å². The number of rotatable bonds is 37. The largest absolute Gasteiger partial charge is 0.462 e. The van der Waals surface area contributed by atoms with Crippen molar-refractivity contribution in [3.63, 3.8) is 0 Å². The van der Waals surface area contributed by atoms with Crippen LogP contribution in [0.4, 0.5) is 0 Å². The number of ether oxygens (including phenoxy) is 6. The minimum absolute atomic E-state index is 0.139. The molecular formula is C47H86O15. The van der Waals surface area contributed by atoms with Crippen LogP contribution in [0.25, 0.3) is 0 Å². The summed E-state index contributed by atoms with van der Waals surface area (Å²) in [5.74, 6) is -0.945. The first kappa shape index (κ1) is 56.4. The van der Waals surface area contributed by atoms with E-state index in [0.29, 0.717) is 12.8 Å². The van der Waals surface area contributed by atoms with Crippen LogP contribution in [0, 0.1) is 0 Å². The summed E-state index contributed by atoms with van der Waals surface area (Å²) < 4.78 is 33.5. The normalized spacial score (nSPS) is 27.1. The van der Waals surface area contributed by atoms with Gasteiger partial charge in [-0.1, -0.05) is 142 Å². The number of esters is 2. The Hall–Kier alpha value is -1.76. The Morgan fingerprint density at radius 3 is 1.45 bits per heavy atom. The maximum atomic E-state index is 12.9. The molecule has 0 amide bonds. The molecule has 2 saturated heterocycles. The van der Waals surface area contributed by atoms with Crippen LogP contribution in [-0.4, -0.2) is 142 Å². The molecule has 2 fully saturated rings. The SMILES string of the molecule is CCCCCCCCCCC/C=C/CCCCC(=O)O[C@H](COC(=O)CCCCCCCCCCCCC)CO[C@@H]1O[C@H](CO[C@@H]2O[C@H](CO)[C@H](O)C(O)C2O)[C@H](O)C(O)C1O. The number of hydrogen-bond acceptors (Lipinski definition) is 15. The van der Waals surface area contributed by atoms with Crippen molar-refractivity contribution in [1.82, 2.24) is 0 Å². The first-order valence-corrected chi connectivity index (χ1v) is 24.3. The summed E-state index contributed by atoms with van der Waals surface area (Å²) in [6, 6.07) is 0. The summed E-state index contributed by atoms with van der Waals surface area (Å²) in [6.07, 6.45) is 15.4. The fraction of sp³-hybridized carbons (Fsp3) is 0.915. The minimum atomic E-state index is -1.76. The van der Waals surface area contributed by atoms with Crippen molar-refractivity contribution in [3.05, 3.63) is 12.2 Å². The molecule has 0 aromatic heterocycles. The van der Waals surface area contributed by atoms with Gasteiger partial charge in [0.25, 0.3) is 0 Å². The Labute approximate surface area is 371 Å². The van der Waals surface area contributed by atoms with Gasteiger partial charge in [0.15, 0.2) is 18.7 Å². The summed E-state index contributed by atoms with van der Waals surface area (Å²) in [5.41, 5.74) is 0. The van der Waals surface area contributed by atoms with Crippen molar-refractivity contribution in [2.45, 2.75) is 248 Å². The fourth-order valence-electron chi connectivity index (χ4n) is 7.68. The number of allylic oxidation sites excluding steroid dienone is 2. The predicted octanol–water partition coefficient (Wildman–Crippen LogP) is 5.82. The molecule has 0 aromatic rings. The summed E-state index contributed by atoms with van der Waals surface area (Å²) in [7, 11) is 0. The average molecular weight is 891 g/mol. The second-order valence-electron chi connectivity index (χ2n) is 17.3. The zero-order valence-electron chi connectivity index (χ0n) is 38.1. The lowest BCUT2D eigenvalue weighted by Crippen LogP contribution is -2.61. The van der Waals surface area contributed by atoms with Gasteiger partial charge in [0, 0.05) is 12.8 Å². The van der Waals surface area contributed by atoms with Crippen molar-refractivity contribution >= 4 is 11.9 Å². The van der Waals surface area contributed by atoms with Crippen molar-refractivity contribution in [3.8, 4) is 0 Å². The zero-order valence-corrected chi connectivity index (χ0v) is 38.1. The Morgan fingerprint density at radius 2 is 0.919 bits per heavy atom. The van der Waals surface area contributed by atoms with Crippen LogP contribution >= 0.6 is 0 Å². The summed E-state index contributed by atoms with van der Waals surface area (Å²) in [6.45, 7) is 2.56. The molecule has 2 heterocycles. The van der Waals surface area contributed by atoms with Gasteiger partial charge in [-0.3, -0.25) is 9.59 Å². The third-order valence-electron chi connectivity index (χ3n) is 11.7. The van der Waals surface area contributed by atoms with Crippen LogP contribution in [0.1, 0.15) is 181 Å². The smallest absolute Gasteiger partial charge is 0.306 e. The third-order valence-corrected chi connectivity index (χ3v) is 11.7. The molecule has 0 radical (unpaired) electrons. The van der Waals surface area contributed by atoms with Crippen molar-refractivity contribution < 1.29 is 73.8 Å². The molecule has 15 heteroatoms. The second-order valence-corrected chi connectivity index (χ2v) is 17.3. The first-order valence-electron chi connectivity index (χ1n) is 24.3. The maximum absolute atomic E-state index is 12.9. The van der Waals surface area contributed by atoms with E-state index in [1.54, 1.807) is 0 Å². The van der Waals surface area contributed by atoms with Gasteiger partial charge in [-0.2, -0.15) is 0 Å². The standard InChI is InChI=1S/C47H86O15/c1-3-5-7-9-11-13-15-16-17-18-20-22-24-26-28-30-39(50)60-35(32-57-38(49)29-27-25-23-21-19-14-12-10-8-6-4-2)33-58-46-45(56)43(54)41(52)37(62-46)34-59-47-44(55)42(53)40(51)36(31-48)61-47/h20,22,35-37,40-48,51-56H,3-19,21,23-34H2,1-2H3/b22-20+/t35-,36-,37-,40+,41+,42?,43?,44?,45?,46-,47-/m1/s1. The van der Waals surface area contributed by atoms with Crippen LogP contribution in [0.3, 0.4) is 0 Å². The molecule has 0 saturated carbocycles. The molecule has 0 bridgehead atoms. The Morgan fingerprint density at radius 1 is 0.500 bits per heavy atom. The highest BCUT2D eigenvalue weighted by Gasteiger charge is 2.47. The van der Waals surface area contributed by atoms with Crippen LogP contribution in [-0.2, 0) is 38.0 Å². The van der Waals surface area contributed by atoms with Crippen LogP contribution in [0.15, 0.2) is 12.2 Å². The maximum Gasteiger partial charge on any atom is 0.306 e. The van der Waals surface area contributed by atoms with E-state index in [0.717, 1.165) is 38.5 Å².